The number of hydrogen-bond donors (Lipinski definition) is 1. The fourth-order valence-corrected chi connectivity index (χ4v) is 5.83. The average Bonchev–Trinajstić information content (AvgIpc) is 3.20. The lowest BCUT2D eigenvalue weighted by atomic mass is 10.3. The number of alkyl halides is 2. The molecule has 3 heterocycles. The number of imidazole rings is 1. The van der Waals surface area contributed by atoms with E-state index in [0.717, 1.165) is 0 Å². The molecule has 0 spiro atoms. The Morgan fingerprint density at radius 1 is 1.39 bits per heavy atom. The molecule has 15 heteroatoms. The molecule has 0 bridgehead atoms. The number of aromatic nitrogens is 4. The highest BCUT2D eigenvalue weighted by atomic mass is 127. The van der Waals surface area contributed by atoms with Crippen molar-refractivity contribution in [1.82, 2.24) is 24.3 Å². The van der Waals surface area contributed by atoms with Crippen molar-refractivity contribution in [2.45, 2.75) is 36.1 Å². The van der Waals surface area contributed by atoms with Crippen molar-refractivity contribution in [1.29, 1.82) is 5.26 Å². The lowest BCUT2D eigenvalue weighted by Crippen LogP contribution is -2.35. The number of ether oxygens (including phenoxy) is 2. The van der Waals surface area contributed by atoms with Crippen LogP contribution in [0.4, 0.5) is 8.78 Å². The van der Waals surface area contributed by atoms with Gasteiger partial charge >= 0.3 is 0 Å². The van der Waals surface area contributed by atoms with Gasteiger partial charge in [-0.05, 0) is 35.4 Å². The number of hydrogen-bond acceptors (Lipinski definition) is 9. The average molecular weight is 610 g/mol. The SMILES string of the molecule is COCCCOc1cc(S(=O)(=O)NC2(C#N)CC2)cn2c(-c3nnc(C(F)F)s3)nc(I)c12. The molecule has 1 aliphatic carbocycles. The summed E-state index contributed by atoms with van der Waals surface area (Å²) in [6.07, 6.45) is -0.0916. The fourth-order valence-electron chi connectivity index (χ4n) is 3.00. The molecule has 10 nitrogen and oxygen atoms in total. The van der Waals surface area contributed by atoms with Crippen LogP contribution >= 0.6 is 33.9 Å². The Morgan fingerprint density at radius 3 is 2.76 bits per heavy atom. The summed E-state index contributed by atoms with van der Waals surface area (Å²) >= 11 is 2.62. The molecule has 1 N–H and O–H groups in total. The summed E-state index contributed by atoms with van der Waals surface area (Å²) in [5.74, 6) is 0.386. The highest BCUT2D eigenvalue weighted by Crippen LogP contribution is 2.38. The monoisotopic (exact) mass is 610 g/mol. The first-order chi connectivity index (χ1) is 15.7. The number of pyridine rings is 1. The van der Waals surface area contributed by atoms with E-state index in [1.165, 1.54) is 16.7 Å². The van der Waals surface area contributed by atoms with Gasteiger partial charge in [-0.15, -0.1) is 10.2 Å². The van der Waals surface area contributed by atoms with E-state index in [1.807, 2.05) is 28.7 Å². The van der Waals surface area contributed by atoms with Gasteiger partial charge in [0.15, 0.2) is 15.8 Å². The lowest BCUT2D eigenvalue weighted by molar-refractivity contribution is 0.150. The van der Waals surface area contributed by atoms with Crippen LogP contribution in [0.2, 0.25) is 0 Å². The predicted octanol–water partition coefficient (Wildman–Crippen LogP) is 3.14. The molecule has 3 aromatic heterocycles. The van der Waals surface area contributed by atoms with E-state index >= 15 is 0 Å². The Morgan fingerprint density at radius 2 is 2.15 bits per heavy atom. The van der Waals surface area contributed by atoms with E-state index in [1.54, 1.807) is 7.11 Å². The van der Waals surface area contributed by atoms with Crippen molar-refractivity contribution in [3.63, 3.8) is 0 Å². The summed E-state index contributed by atoms with van der Waals surface area (Å²) in [4.78, 5) is 4.24. The molecule has 0 saturated heterocycles. The number of sulfonamides is 1. The summed E-state index contributed by atoms with van der Waals surface area (Å²) in [5, 5.41) is 16.2. The summed E-state index contributed by atoms with van der Waals surface area (Å²) in [6, 6.07) is 3.35. The first-order valence-corrected chi connectivity index (χ1v) is 13.0. The molecular weight excluding hydrogens is 593 g/mol. The molecule has 0 radical (unpaired) electrons. The third-order valence-electron chi connectivity index (χ3n) is 4.80. The van der Waals surface area contributed by atoms with Crippen molar-refractivity contribution < 1.29 is 26.7 Å². The first kappa shape index (κ1) is 24.1. The van der Waals surface area contributed by atoms with Crippen LogP contribution in [0.5, 0.6) is 5.75 Å². The Hall–Kier alpha value is -2.00. The van der Waals surface area contributed by atoms with Gasteiger partial charge in [0.2, 0.25) is 10.0 Å². The molecule has 176 valence electrons. The number of halogens is 3. The summed E-state index contributed by atoms with van der Waals surface area (Å²) in [5.41, 5.74) is -0.664. The second-order valence-electron chi connectivity index (χ2n) is 7.23. The van der Waals surface area contributed by atoms with Crippen LogP contribution in [0.15, 0.2) is 17.2 Å². The van der Waals surface area contributed by atoms with Crippen molar-refractivity contribution in [3.05, 3.63) is 21.0 Å². The zero-order valence-corrected chi connectivity index (χ0v) is 20.9. The van der Waals surface area contributed by atoms with Crippen LogP contribution in [0, 0.1) is 15.0 Å². The van der Waals surface area contributed by atoms with Crippen molar-refractivity contribution in [3.8, 4) is 22.7 Å². The lowest BCUT2D eigenvalue weighted by Gasteiger charge is -2.14. The van der Waals surface area contributed by atoms with Crippen molar-refractivity contribution >= 4 is 49.5 Å². The molecule has 1 fully saturated rings. The summed E-state index contributed by atoms with van der Waals surface area (Å²) in [7, 11) is -2.54. The molecule has 0 aliphatic heterocycles. The highest BCUT2D eigenvalue weighted by Gasteiger charge is 2.47. The topological polar surface area (TPSA) is 132 Å². The maximum atomic E-state index is 13.1. The Kier molecular flexibility index (Phi) is 6.82. The molecule has 1 saturated carbocycles. The summed E-state index contributed by atoms with van der Waals surface area (Å²) in [6.45, 7) is 0.691. The molecule has 1 aliphatic rings. The number of nitriles is 1. The Bertz CT molecular complexity index is 1330. The Labute approximate surface area is 205 Å². The van der Waals surface area contributed by atoms with E-state index in [-0.39, 0.29) is 28.1 Å². The largest absolute Gasteiger partial charge is 0.491 e. The van der Waals surface area contributed by atoms with Crippen molar-refractivity contribution in [2.24, 2.45) is 0 Å². The van der Waals surface area contributed by atoms with Gasteiger partial charge in [0.05, 0.1) is 12.7 Å². The van der Waals surface area contributed by atoms with Crippen LogP contribution < -0.4 is 9.46 Å². The first-order valence-electron chi connectivity index (χ1n) is 9.60. The van der Waals surface area contributed by atoms with Gasteiger partial charge in [-0.2, -0.15) is 9.98 Å². The normalized spacial score (nSPS) is 15.2. The van der Waals surface area contributed by atoms with E-state index in [2.05, 4.69) is 19.9 Å². The molecule has 0 amide bonds. The number of fused-ring (bicyclic) bond motifs is 1. The van der Waals surface area contributed by atoms with E-state index < -0.39 is 27.0 Å². The third kappa shape index (κ3) is 4.94. The number of nitrogens with one attached hydrogen (secondary N) is 1. The highest BCUT2D eigenvalue weighted by molar-refractivity contribution is 14.1. The second-order valence-corrected chi connectivity index (χ2v) is 10.9. The molecule has 33 heavy (non-hydrogen) atoms. The van der Waals surface area contributed by atoms with Crippen molar-refractivity contribution in [2.75, 3.05) is 20.3 Å². The molecule has 3 aromatic rings. The fraction of sp³-hybridized carbons (Fsp3) is 0.444. The van der Waals surface area contributed by atoms with Crippen LogP contribution in [0.3, 0.4) is 0 Å². The molecule has 0 atom stereocenters. The smallest absolute Gasteiger partial charge is 0.291 e. The van der Waals surface area contributed by atoms with E-state index in [4.69, 9.17) is 9.47 Å². The van der Waals surface area contributed by atoms with Gasteiger partial charge in [-0.1, -0.05) is 11.3 Å². The van der Waals surface area contributed by atoms with Crippen LogP contribution in [0.1, 0.15) is 30.7 Å². The zero-order chi connectivity index (χ0) is 23.8. The number of methoxy groups -OCH3 is 1. The zero-order valence-electron chi connectivity index (χ0n) is 17.1. The maximum Gasteiger partial charge on any atom is 0.291 e. The second kappa shape index (κ2) is 9.33. The van der Waals surface area contributed by atoms with Gasteiger partial charge < -0.3 is 9.47 Å². The maximum absolute atomic E-state index is 13.1. The van der Waals surface area contributed by atoms with Gasteiger partial charge in [0, 0.05) is 32.4 Å². The van der Waals surface area contributed by atoms with Gasteiger partial charge in [0.25, 0.3) is 6.43 Å². The number of rotatable bonds is 10. The van der Waals surface area contributed by atoms with Gasteiger partial charge in [-0.25, -0.2) is 22.2 Å². The Balaban J connectivity index is 1.83. The number of nitrogens with zero attached hydrogens (tertiary/aromatic N) is 5. The van der Waals surface area contributed by atoms with Gasteiger partial charge in [-0.3, -0.25) is 4.40 Å². The van der Waals surface area contributed by atoms with E-state index in [9.17, 15) is 22.5 Å². The molecule has 0 unspecified atom stereocenters. The van der Waals surface area contributed by atoms with Crippen LogP contribution in [-0.2, 0) is 14.8 Å². The van der Waals surface area contributed by atoms with E-state index in [0.29, 0.717) is 46.4 Å². The quantitative estimate of drug-likeness (QED) is 0.274. The molecule has 4 rings (SSSR count). The third-order valence-corrected chi connectivity index (χ3v) is 7.99. The predicted molar refractivity (Wildman–Crippen MR) is 122 cm³/mol. The van der Waals surface area contributed by atoms with Crippen LogP contribution in [0.25, 0.3) is 16.3 Å². The molecule has 0 aromatic carbocycles. The molecular formula is C18H17F2IN6O4S2. The standard InChI is InChI=1S/C18H17F2IN6O4S2/c1-30-5-2-6-31-11-7-10(33(28,29)26-18(9-22)3-4-18)8-27-12(11)14(21)23-15(27)17-25-24-16(32-17)13(19)20/h7-8,13,26H,2-6H2,1H3. The van der Waals surface area contributed by atoms with Crippen LogP contribution in [-0.4, -0.2) is 53.9 Å². The minimum Gasteiger partial charge on any atom is -0.491 e. The minimum atomic E-state index is -4.10. The summed E-state index contributed by atoms with van der Waals surface area (Å²) < 4.78 is 67.4. The minimum absolute atomic E-state index is 0.103. The van der Waals surface area contributed by atoms with Gasteiger partial charge in [0.1, 0.15) is 25.4 Å².